The second kappa shape index (κ2) is 14.4. The standard InChI is InChI=1S/C54H48N2/c1-53(2)46-30-18-17-29-45(46)51(39-21-9-5-10-22-39)48(53)37-35-40-33-34-41(52(40)55(42-23-11-6-12-24-42)43-25-13-7-14-26-43)36-38-50-54(3,4)47-31-19-20-32-49(47)56(50)44-27-15-8-16-28-44/h5-32,35-38H,33-34H2,1-4H3/b37-35+,41-36+,50-38+. The third-order valence-electron chi connectivity index (χ3n) is 12.0. The van der Waals surface area contributed by atoms with Crippen LogP contribution in [0, 0.1) is 0 Å². The van der Waals surface area contributed by atoms with Crippen LogP contribution >= 0.6 is 0 Å². The minimum Gasteiger partial charge on any atom is -0.313 e. The number of fused-ring (bicyclic) bond motifs is 2. The zero-order valence-electron chi connectivity index (χ0n) is 32.8. The van der Waals surface area contributed by atoms with Crippen LogP contribution < -0.4 is 9.80 Å². The molecule has 0 fully saturated rings. The molecular formula is C54H48N2. The van der Waals surface area contributed by atoms with Crippen LogP contribution in [0.1, 0.15) is 62.8 Å². The van der Waals surface area contributed by atoms with E-state index in [-0.39, 0.29) is 10.8 Å². The number of allylic oxidation sites excluding steroid dienone is 8. The molecule has 56 heavy (non-hydrogen) atoms. The number of hydrogen-bond acceptors (Lipinski definition) is 2. The Morgan fingerprint density at radius 3 is 1.73 bits per heavy atom. The Morgan fingerprint density at radius 2 is 1.07 bits per heavy atom. The molecule has 274 valence electrons. The predicted molar refractivity (Wildman–Crippen MR) is 237 cm³/mol. The van der Waals surface area contributed by atoms with Crippen molar-refractivity contribution in [2.24, 2.45) is 0 Å². The van der Waals surface area contributed by atoms with Gasteiger partial charge < -0.3 is 9.80 Å². The maximum absolute atomic E-state index is 2.47. The lowest BCUT2D eigenvalue weighted by molar-refractivity contribution is 0.644. The molecule has 0 aromatic heterocycles. The van der Waals surface area contributed by atoms with Gasteiger partial charge in [0.25, 0.3) is 0 Å². The minimum atomic E-state index is -0.184. The number of benzene rings is 6. The second-order valence-electron chi connectivity index (χ2n) is 16.1. The van der Waals surface area contributed by atoms with Crippen molar-refractivity contribution in [3.8, 4) is 0 Å². The molecule has 2 heteroatoms. The highest BCUT2D eigenvalue weighted by Gasteiger charge is 2.41. The molecule has 1 heterocycles. The average molecular weight is 725 g/mol. The number of hydrogen-bond donors (Lipinski definition) is 0. The van der Waals surface area contributed by atoms with Crippen molar-refractivity contribution < 1.29 is 0 Å². The molecule has 0 spiro atoms. The zero-order chi connectivity index (χ0) is 38.3. The molecule has 6 aromatic carbocycles. The summed E-state index contributed by atoms with van der Waals surface area (Å²) in [5.74, 6) is 0. The first-order valence-corrected chi connectivity index (χ1v) is 19.9. The molecule has 0 bridgehead atoms. The molecule has 0 radical (unpaired) electrons. The van der Waals surface area contributed by atoms with Gasteiger partial charge in [-0.1, -0.05) is 173 Å². The predicted octanol–water partition coefficient (Wildman–Crippen LogP) is 14.2. The second-order valence-corrected chi connectivity index (χ2v) is 16.1. The van der Waals surface area contributed by atoms with Gasteiger partial charge >= 0.3 is 0 Å². The summed E-state index contributed by atoms with van der Waals surface area (Å²) in [6.45, 7) is 9.47. The van der Waals surface area contributed by atoms with Gasteiger partial charge in [-0.3, -0.25) is 0 Å². The van der Waals surface area contributed by atoms with Crippen molar-refractivity contribution >= 4 is 28.3 Å². The first kappa shape index (κ1) is 35.3. The summed E-state index contributed by atoms with van der Waals surface area (Å²) < 4.78 is 0. The summed E-state index contributed by atoms with van der Waals surface area (Å²) in [5, 5.41) is 0. The van der Waals surface area contributed by atoms with Crippen LogP contribution in [0.3, 0.4) is 0 Å². The average Bonchev–Trinajstić information content (AvgIpc) is 3.82. The molecule has 9 rings (SSSR count). The number of anilines is 4. The van der Waals surface area contributed by atoms with Crippen LogP contribution in [-0.2, 0) is 10.8 Å². The smallest absolute Gasteiger partial charge is 0.0525 e. The first-order valence-electron chi connectivity index (χ1n) is 19.9. The van der Waals surface area contributed by atoms with Crippen molar-refractivity contribution in [2.45, 2.75) is 51.4 Å². The lowest BCUT2D eigenvalue weighted by Gasteiger charge is -2.29. The Morgan fingerprint density at radius 1 is 0.518 bits per heavy atom. The van der Waals surface area contributed by atoms with Gasteiger partial charge in [-0.2, -0.15) is 0 Å². The summed E-state index contributed by atoms with van der Waals surface area (Å²) in [6.07, 6.45) is 11.6. The molecule has 0 atom stereocenters. The molecule has 0 N–H and O–H groups in total. The van der Waals surface area contributed by atoms with Crippen molar-refractivity contribution in [1.29, 1.82) is 0 Å². The van der Waals surface area contributed by atoms with Gasteiger partial charge in [0.1, 0.15) is 0 Å². The Labute approximate surface area is 332 Å². The quantitative estimate of drug-likeness (QED) is 0.154. The lowest BCUT2D eigenvalue weighted by Crippen LogP contribution is -2.22. The molecule has 0 saturated carbocycles. The fourth-order valence-corrected chi connectivity index (χ4v) is 9.19. The van der Waals surface area contributed by atoms with Crippen LogP contribution in [0.4, 0.5) is 22.7 Å². The molecule has 1 aliphatic heterocycles. The van der Waals surface area contributed by atoms with Crippen molar-refractivity contribution in [3.05, 3.63) is 245 Å². The van der Waals surface area contributed by atoms with Gasteiger partial charge in [-0.05, 0) is 106 Å². The Kier molecular flexibility index (Phi) is 9.06. The topological polar surface area (TPSA) is 6.48 Å². The summed E-state index contributed by atoms with van der Waals surface area (Å²) in [5.41, 5.74) is 17.6. The summed E-state index contributed by atoms with van der Waals surface area (Å²) >= 11 is 0. The monoisotopic (exact) mass is 724 g/mol. The van der Waals surface area contributed by atoms with Crippen LogP contribution in [0.2, 0.25) is 0 Å². The highest BCUT2D eigenvalue weighted by Crippen LogP contribution is 2.52. The highest BCUT2D eigenvalue weighted by atomic mass is 15.2. The van der Waals surface area contributed by atoms with Gasteiger partial charge in [0.2, 0.25) is 0 Å². The molecule has 0 saturated heterocycles. The number of para-hydroxylation sites is 4. The minimum absolute atomic E-state index is 0.150. The Hall–Kier alpha value is -6.38. The van der Waals surface area contributed by atoms with E-state index in [0.29, 0.717) is 0 Å². The molecule has 6 aromatic rings. The normalized spacial score (nSPS) is 18.3. The molecule has 2 aliphatic carbocycles. The third-order valence-corrected chi connectivity index (χ3v) is 12.0. The highest BCUT2D eigenvalue weighted by molar-refractivity contribution is 5.91. The largest absolute Gasteiger partial charge is 0.313 e. The van der Waals surface area contributed by atoms with E-state index >= 15 is 0 Å². The van der Waals surface area contributed by atoms with Crippen LogP contribution in [0.15, 0.2) is 222 Å². The SMILES string of the molecule is CC1(C)C(/C=C/C2=C(N(c3ccccc3)c3ccccc3)C(=C/C=C3/N(c4ccccc4)c4ccccc4C3(C)C)/CC2)=C(c2ccccc2)c2ccccc21. The van der Waals surface area contributed by atoms with E-state index in [4.69, 9.17) is 0 Å². The van der Waals surface area contributed by atoms with E-state index in [9.17, 15) is 0 Å². The van der Waals surface area contributed by atoms with Gasteiger partial charge in [-0.15, -0.1) is 0 Å². The van der Waals surface area contributed by atoms with E-state index in [2.05, 4.69) is 232 Å². The van der Waals surface area contributed by atoms with Crippen LogP contribution in [-0.4, -0.2) is 0 Å². The molecule has 0 amide bonds. The van der Waals surface area contributed by atoms with Crippen molar-refractivity contribution in [1.82, 2.24) is 0 Å². The van der Waals surface area contributed by atoms with E-state index in [1.54, 1.807) is 0 Å². The number of rotatable bonds is 8. The molecule has 0 unspecified atom stereocenters. The maximum Gasteiger partial charge on any atom is 0.0525 e. The summed E-state index contributed by atoms with van der Waals surface area (Å²) in [6, 6.07) is 61.3. The van der Waals surface area contributed by atoms with E-state index in [1.165, 1.54) is 67.3 Å². The van der Waals surface area contributed by atoms with E-state index < -0.39 is 0 Å². The van der Waals surface area contributed by atoms with Gasteiger partial charge in [0.15, 0.2) is 0 Å². The van der Waals surface area contributed by atoms with Crippen molar-refractivity contribution in [2.75, 3.05) is 9.80 Å². The van der Waals surface area contributed by atoms with Gasteiger partial charge in [-0.25, -0.2) is 0 Å². The van der Waals surface area contributed by atoms with E-state index in [1.807, 2.05) is 0 Å². The fraction of sp³-hybridized carbons (Fsp3) is 0.148. The van der Waals surface area contributed by atoms with E-state index in [0.717, 1.165) is 24.2 Å². The van der Waals surface area contributed by atoms with Crippen LogP contribution in [0.25, 0.3) is 5.57 Å². The lowest BCUT2D eigenvalue weighted by atomic mass is 9.80. The Bertz CT molecular complexity index is 2510. The third kappa shape index (κ3) is 6.07. The summed E-state index contributed by atoms with van der Waals surface area (Å²) in [4.78, 5) is 4.93. The molecular weight excluding hydrogens is 677 g/mol. The first-order chi connectivity index (χ1) is 27.3. The number of nitrogens with zero attached hydrogens (tertiary/aromatic N) is 2. The maximum atomic E-state index is 2.47. The Balaban J connectivity index is 1.24. The van der Waals surface area contributed by atoms with Gasteiger partial charge in [0.05, 0.1) is 5.70 Å². The van der Waals surface area contributed by atoms with Crippen molar-refractivity contribution in [3.63, 3.8) is 0 Å². The molecule has 3 aliphatic rings. The molecule has 2 nitrogen and oxygen atoms in total. The fourth-order valence-electron chi connectivity index (χ4n) is 9.19. The van der Waals surface area contributed by atoms with Crippen LogP contribution in [0.5, 0.6) is 0 Å². The zero-order valence-corrected chi connectivity index (χ0v) is 32.8. The van der Waals surface area contributed by atoms with Gasteiger partial charge in [0, 0.05) is 39.3 Å². The summed E-state index contributed by atoms with van der Waals surface area (Å²) in [7, 11) is 0.